The molecule has 184 valence electrons. The van der Waals surface area contributed by atoms with Gasteiger partial charge in [-0.1, -0.05) is 0 Å². The molecule has 1 aliphatic rings. The lowest BCUT2D eigenvalue weighted by molar-refractivity contribution is 0.0178. The average molecular weight is 479 g/mol. The molecular weight excluding hydrogens is 440 g/mol. The molecule has 9 heteroatoms. The monoisotopic (exact) mass is 478 g/mol. The van der Waals surface area contributed by atoms with Crippen LogP contribution in [0.4, 0.5) is 10.5 Å². The van der Waals surface area contributed by atoms with Gasteiger partial charge in [-0.05, 0) is 51.0 Å². The van der Waals surface area contributed by atoms with Crippen LogP contribution in [-0.2, 0) is 28.9 Å². The lowest BCUT2D eigenvalue weighted by Crippen LogP contribution is -2.42. The summed E-state index contributed by atoms with van der Waals surface area (Å²) in [6.07, 6.45) is 2.83. The van der Waals surface area contributed by atoms with Gasteiger partial charge in [0.25, 0.3) is 0 Å². The minimum Gasteiger partial charge on any atom is -0.444 e. The maximum atomic E-state index is 12.5. The number of amides is 1. The SMILES string of the molecule is CNc1ccsc1-c1c(CCO)nc(CCOC)n1CC1CCN(C(=O)OC(C)(C)C)CC1. The Hall–Kier alpha value is -2.10. The van der Waals surface area contributed by atoms with Crippen LogP contribution in [0.25, 0.3) is 10.6 Å². The number of piperidine rings is 1. The summed E-state index contributed by atoms with van der Waals surface area (Å²) in [4.78, 5) is 20.3. The van der Waals surface area contributed by atoms with Crippen molar-refractivity contribution in [3.05, 3.63) is 23.0 Å². The summed E-state index contributed by atoms with van der Waals surface area (Å²) in [7, 11) is 3.63. The minimum atomic E-state index is -0.481. The van der Waals surface area contributed by atoms with Crippen molar-refractivity contribution >= 4 is 23.1 Å². The summed E-state index contributed by atoms with van der Waals surface area (Å²) < 4.78 is 13.2. The van der Waals surface area contributed by atoms with E-state index in [1.807, 2.05) is 32.7 Å². The van der Waals surface area contributed by atoms with Gasteiger partial charge in [-0.2, -0.15) is 0 Å². The molecule has 0 atom stereocenters. The van der Waals surface area contributed by atoms with Crippen LogP contribution in [0.3, 0.4) is 0 Å². The van der Waals surface area contributed by atoms with Crippen molar-refractivity contribution < 1.29 is 19.4 Å². The summed E-state index contributed by atoms with van der Waals surface area (Å²) in [6, 6.07) is 2.08. The molecule has 33 heavy (non-hydrogen) atoms. The number of rotatable bonds is 9. The lowest BCUT2D eigenvalue weighted by Gasteiger charge is -2.34. The number of methoxy groups -OCH3 is 1. The molecule has 2 aromatic rings. The molecule has 2 aromatic heterocycles. The quantitative estimate of drug-likeness (QED) is 0.566. The van der Waals surface area contributed by atoms with E-state index in [-0.39, 0.29) is 12.7 Å². The Morgan fingerprint density at radius 2 is 2.03 bits per heavy atom. The summed E-state index contributed by atoms with van der Waals surface area (Å²) in [5, 5.41) is 15.1. The Kier molecular flexibility index (Phi) is 8.78. The molecule has 0 aromatic carbocycles. The molecule has 2 N–H and O–H groups in total. The molecule has 0 aliphatic carbocycles. The summed E-state index contributed by atoms with van der Waals surface area (Å²) >= 11 is 1.68. The van der Waals surface area contributed by atoms with Gasteiger partial charge in [0.15, 0.2) is 0 Å². The standard InChI is InChI=1S/C24H38N4O4S/c1-24(2,3)32-23(30)27-11-6-17(7-12-27)16-28-20(9-14-31-5)26-18(8-13-29)21(28)22-19(25-4)10-15-33-22/h10,15,17,25,29H,6-9,11-14,16H2,1-5H3. The first kappa shape index (κ1) is 25.5. The zero-order chi connectivity index (χ0) is 24.0. The van der Waals surface area contributed by atoms with Gasteiger partial charge >= 0.3 is 6.09 Å². The van der Waals surface area contributed by atoms with Crippen LogP contribution in [0.15, 0.2) is 11.4 Å². The van der Waals surface area contributed by atoms with Crippen molar-refractivity contribution in [2.45, 2.75) is 58.6 Å². The van der Waals surface area contributed by atoms with E-state index in [2.05, 4.69) is 21.3 Å². The number of hydrogen-bond donors (Lipinski definition) is 2. The molecule has 1 fully saturated rings. The lowest BCUT2D eigenvalue weighted by atomic mass is 9.96. The Morgan fingerprint density at radius 1 is 1.30 bits per heavy atom. The van der Waals surface area contributed by atoms with Crippen LogP contribution in [0.1, 0.15) is 45.1 Å². The smallest absolute Gasteiger partial charge is 0.410 e. The third kappa shape index (κ3) is 6.49. The fourth-order valence-corrected chi connectivity index (χ4v) is 5.22. The number of aliphatic hydroxyl groups excluding tert-OH is 1. The largest absolute Gasteiger partial charge is 0.444 e. The number of carbonyl (C=O) groups excluding carboxylic acids is 1. The maximum Gasteiger partial charge on any atom is 0.410 e. The normalized spacial score (nSPS) is 15.2. The van der Waals surface area contributed by atoms with Crippen molar-refractivity contribution in [2.24, 2.45) is 5.92 Å². The maximum absolute atomic E-state index is 12.5. The average Bonchev–Trinajstić information content (AvgIpc) is 3.36. The van der Waals surface area contributed by atoms with Gasteiger partial charge in [0.1, 0.15) is 11.4 Å². The molecule has 0 unspecified atom stereocenters. The van der Waals surface area contributed by atoms with Gasteiger partial charge in [0, 0.05) is 53.2 Å². The van der Waals surface area contributed by atoms with Crippen molar-refractivity contribution in [3.63, 3.8) is 0 Å². The Bertz CT molecular complexity index is 910. The van der Waals surface area contributed by atoms with Crippen molar-refractivity contribution in [1.29, 1.82) is 0 Å². The summed E-state index contributed by atoms with van der Waals surface area (Å²) in [5.74, 6) is 1.42. The highest BCUT2D eigenvalue weighted by Crippen LogP contribution is 2.38. The predicted octanol–water partition coefficient (Wildman–Crippen LogP) is 4.02. The number of ether oxygens (including phenoxy) is 2. The van der Waals surface area contributed by atoms with Crippen LogP contribution in [-0.4, -0.2) is 71.7 Å². The number of hydrogen-bond acceptors (Lipinski definition) is 7. The van der Waals surface area contributed by atoms with E-state index in [1.54, 1.807) is 18.4 Å². The van der Waals surface area contributed by atoms with Crippen LogP contribution in [0.2, 0.25) is 0 Å². The zero-order valence-electron chi connectivity index (χ0n) is 20.5. The van der Waals surface area contributed by atoms with Crippen LogP contribution in [0.5, 0.6) is 0 Å². The van der Waals surface area contributed by atoms with Crippen molar-refractivity contribution in [1.82, 2.24) is 14.5 Å². The molecule has 1 saturated heterocycles. The molecule has 8 nitrogen and oxygen atoms in total. The van der Waals surface area contributed by atoms with Crippen molar-refractivity contribution in [2.75, 3.05) is 45.8 Å². The molecule has 0 radical (unpaired) electrons. The number of aliphatic hydroxyl groups is 1. The number of anilines is 1. The molecule has 0 saturated carbocycles. The first-order valence-electron chi connectivity index (χ1n) is 11.7. The first-order valence-corrected chi connectivity index (χ1v) is 12.6. The Morgan fingerprint density at radius 3 is 2.64 bits per heavy atom. The van der Waals surface area contributed by atoms with Crippen LogP contribution >= 0.6 is 11.3 Å². The van der Waals surface area contributed by atoms with Gasteiger partial charge in [0.05, 0.1) is 28.6 Å². The van der Waals surface area contributed by atoms with E-state index in [0.717, 1.165) is 47.2 Å². The molecule has 0 bridgehead atoms. The molecule has 1 aliphatic heterocycles. The second kappa shape index (κ2) is 11.4. The van der Waals surface area contributed by atoms with E-state index in [1.165, 1.54) is 0 Å². The minimum absolute atomic E-state index is 0.0578. The second-order valence-electron chi connectivity index (χ2n) is 9.47. The topological polar surface area (TPSA) is 88.9 Å². The number of imidazole rings is 1. The highest BCUT2D eigenvalue weighted by atomic mass is 32.1. The summed E-state index contributed by atoms with van der Waals surface area (Å²) in [6.45, 7) is 8.56. The number of carbonyl (C=O) groups is 1. The zero-order valence-corrected chi connectivity index (χ0v) is 21.3. The van der Waals surface area contributed by atoms with Crippen LogP contribution in [0, 0.1) is 5.92 Å². The van der Waals surface area contributed by atoms with Gasteiger partial charge in [-0.15, -0.1) is 11.3 Å². The molecular formula is C24H38N4O4S. The van der Waals surface area contributed by atoms with E-state index >= 15 is 0 Å². The van der Waals surface area contributed by atoms with E-state index in [0.29, 0.717) is 38.5 Å². The third-order valence-corrected chi connectivity index (χ3v) is 6.78. The highest BCUT2D eigenvalue weighted by Gasteiger charge is 2.29. The molecule has 0 spiro atoms. The highest BCUT2D eigenvalue weighted by molar-refractivity contribution is 7.14. The number of likely N-dealkylation sites (tertiary alicyclic amines) is 1. The number of nitrogens with one attached hydrogen (secondary N) is 1. The van der Waals surface area contributed by atoms with E-state index in [4.69, 9.17) is 14.5 Å². The van der Waals surface area contributed by atoms with Crippen molar-refractivity contribution in [3.8, 4) is 10.6 Å². The fourth-order valence-electron chi connectivity index (χ4n) is 4.24. The predicted molar refractivity (Wildman–Crippen MR) is 132 cm³/mol. The number of thiophene rings is 1. The van der Waals surface area contributed by atoms with E-state index in [9.17, 15) is 9.90 Å². The van der Waals surface area contributed by atoms with Gasteiger partial charge in [-0.25, -0.2) is 9.78 Å². The fraction of sp³-hybridized carbons (Fsp3) is 0.667. The van der Waals surface area contributed by atoms with E-state index < -0.39 is 5.60 Å². The Labute approximate surface area is 200 Å². The first-order chi connectivity index (χ1) is 15.8. The van der Waals surface area contributed by atoms with Gasteiger partial charge in [-0.3, -0.25) is 0 Å². The number of nitrogens with zero attached hydrogens (tertiary/aromatic N) is 3. The number of aromatic nitrogens is 2. The molecule has 3 heterocycles. The summed E-state index contributed by atoms with van der Waals surface area (Å²) in [5.41, 5.74) is 2.60. The third-order valence-electron chi connectivity index (χ3n) is 5.85. The molecule has 3 rings (SSSR count). The Balaban J connectivity index is 1.83. The van der Waals surface area contributed by atoms with Crippen LogP contribution < -0.4 is 5.32 Å². The van der Waals surface area contributed by atoms with Gasteiger partial charge < -0.3 is 29.4 Å². The molecule has 1 amide bonds. The second-order valence-corrected chi connectivity index (χ2v) is 10.4. The van der Waals surface area contributed by atoms with Gasteiger partial charge in [0.2, 0.25) is 0 Å².